The van der Waals surface area contributed by atoms with Gasteiger partial charge in [-0.05, 0) is 43.2 Å². The van der Waals surface area contributed by atoms with Gasteiger partial charge in [-0.1, -0.05) is 73.1 Å². The molecular weight excluding hydrogens is 450 g/mol. The number of hydrogen-bond acceptors (Lipinski definition) is 3. The van der Waals surface area contributed by atoms with Gasteiger partial charge in [-0.15, -0.1) is 0 Å². The minimum Gasteiger partial charge on any atom is -0.350 e. The van der Waals surface area contributed by atoms with Crippen LogP contribution in [-0.2, 0) is 4.79 Å². The minimum absolute atomic E-state index is 0.0127. The fourth-order valence-corrected chi connectivity index (χ4v) is 3.62. The van der Waals surface area contributed by atoms with Gasteiger partial charge in [0.15, 0.2) is 0 Å². The van der Waals surface area contributed by atoms with E-state index < -0.39 is 6.04 Å². The van der Waals surface area contributed by atoms with Crippen molar-refractivity contribution in [1.29, 1.82) is 0 Å². The molecule has 0 spiro atoms. The zero-order valence-corrected chi connectivity index (χ0v) is 19.9. The molecule has 3 aromatic rings. The topological polar surface area (TPSA) is 87.3 Å². The first-order valence-corrected chi connectivity index (χ1v) is 11.6. The highest BCUT2D eigenvalue weighted by Gasteiger charge is 2.22. The summed E-state index contributed by atoms with van der Waals surface area (Å²) in [5, 5.41) is 8.99. The van der Waals surface area contributed by atoms with Gasteiger partial charge in [0.05, 0.1) is 34.3 Å². The maximum atomic E-state index is 13.0. The number of para-hydroxylation sites is 1. The molecule has 2 unspecified atom stereocenters. The van der Waals surface area contributed by atoms with Crippen molar-refractivity contribution >= 4 is 35.0 Å². The predicted octanol–water partition coefficient (Wildman–Crippen LogP) is 5.37. The summed E-state index contributed by atoms with van der Waals surface area (Å²) in [4.78, 5) is 38.6. The van der Waals surface area contributed by atoms with Crippen LogP contribution in [0.4, 0.5) is 5.69 Å². The van der Waals surface area contributed by atoms with Crippen LogP contribution in [0.25, 0.3) is 0 Å². The third-order valence-corrected chi connectivity index (χ3v) is 5.78. The van der Waals surface area contributed by atoms with Crippen molar-refractivity contribution < 1.29 is 14.4 Å². The summed E-state index contributed by atoms with van der Waals surface area (Å²) in [7, 11) is 0. The first-order valence-electron chi connectivity index (χ1n) is 11.2. The van der Waals surface area contributed by atoms with Crippen molar-refractivity contribution in [1.82, 2.24) is 10.6 Å². The fraction of sp³-hybridized carbons (Fsp3) is 0.222. The number of carbonyl (C=O) groups is 3. The SMILES string of the molecule is CCC(C)NC(=O)c1ccccc1NC(=O)CC(NC(=O)c1ccccc1Cl)c1ccccc1. The van der Waals surface area contributed by atoms with Crippen LogP contribution >= 0.6 is 11.6 Å². The lowest BCUT2D eigenvalue weighted by Crippen LogP contribution is -2.33. The Balaban J connectivity index is 1.78. The van der Waals surface area contributed by atoms with E-state index in [4.69, 9.17) is 11.6 Å². The van der Waals surface area contributed by atoms with E-state index in [9.17, 15) is 14.4 Å². The maximum Gasteiger partial charge on any atom is 0.253 e. The molecule has 0 radical (unpaired) electrons. The van der Waals surface area contributed by atoms with E-state index >= 15 is 0 Å². The molecule has 34 heavy (non-hydrogen) atoms. The summed E-state index contributed by atoms with van der Waals surface area (Å²) in [5.41, 5.74) is 1.91. The highest BCUT2D eigenvalue weighted by atomic mass is 35.5. The van der Waals surface area contributed by atoms with Gasteiger partial charge in [0, 0.05) is 6.04 Å². The van der Waals surface area contributed by atoms with Crippen LogP contribution in [0.15, 0.2) is 78.9 Å². The second kappa shape index (κ2) is 12.0. The van der Waals surface area contributed by atoms with Crippen molar-refractivity contribution in [2.24, 2.45) is 0 Å². The number of benzene rings is 3. The van der Waals surface area contributed by atoms with Crippen LogP contribution in [-0.4, -0.2) is 23.8 Å². The standard InChI is InChI=1S/C27H28ClN3O3/c1-3-18(2)29-27(34)21-14-8-10-16-23(21)30-25(32)17-24(19-11-5-4-6-12-19)31-26(33)20-13-7-9-15-22(20)28/h4-16,18,24H,3,17H2,1-2H3,(H,29,34)(H,30,32)(H,31,33). The fourth-order valence-electron chi connectivity index (χ4n) is 3.40. The van der Waals surface area contributed by atoms with Gasteiger partial charge in [0.1, 0.15) is 0 Å². The van der Waals surface area contributed by atoms with Gasteiger partial charge in [0.2, 0.25) is 5.91 Å². The number of halogens is 1. The second-order valence-electron chi connectivity index (χ2n) is 8.00. The van der Waals surface area contributed by atoms with Crippen molar-refractivity contribution in [3.8, 4) is 0 Å². The summed E-state index contributed by atoms with van der Waals surface area (Å²) in [6.45, 7) is 3.91. The van der Waals surface area contributed by atoms with E-state index in [0.717, 1.165) is 12.0 Å². The van der Waals surface area contributed by atoms with Crippen LogP contribution in [0, 0.1) is 0 Å². The van der Waals surface area contributed by atoms with E-state index in [1.165, 1.54) is 0 Å². The van der Waals surface area contributed by atoms with Crippen LogP contribution in [0.1, 0.15) is 59.0 Å². The Morgan fingerprint density at radius 3 is 2.06 bits per heavy atom. The Morgan fingerprint density at radius 2 is 1.38 bits per heavy atom. The predicted molar refractivity (Wildman–Crippen MR) is 135 cm³/mol. The van der Waals surface area contributed by atoms with Gasteiger partial charge in [-0.25, -0.2) is 0 Å². The highest BCUT2D eigenvalue weighted by Crippen LogP contribution is 2.22. The van der Waals surface area contributed by atoms with Gasteiger partial charge in [-0.3, -0.25) is 14.4 Å². The Bertz CT molecular complexity index is 1150. The van der Waals surface area contributed by atoms with Gasteiger partial charge >= 0.3 is 0 Å². The lowest BCUT2D eigenvalue weighted by Gasteiger charge is -2.20. The van der Waals surface area contributed by atoms with Crippen molar-refractivity contribution in [3.63, 3.8) is 0 Å². The molecule has 2 atom stereocenters. The quantitative estimate of drug-likeness (QED) is 0.387. The van der Waals surface area contributed by atoms with E-state index in [-0.39, 0.29) is 30.2 Å². The minimum atomic E-state index is -0.592. The molecule has 0 aliphatic carbocycles. The Morgan fingerprint density at radius 1 is 0.794 bits per heavy atom. The molecule has 176 valence electrons. The molecule has 0 aliphatic heterocycles. The third-order valence-electron chi connectivity index (χ3n) is 5.45. The third kappa shape index (κ3) is 6.68. The molecule has 3 aromatic carbocycles. The van der Waals surface area contributed by atoms with E-state index in [2.05, 4.69) is 16.0 Å². The van der Waals surface area contributed by atoms with E-state index in [1.54, 1.807) is 48.5 Å². The van der Waals surface area contributed by atoms with Gasteiger partial charge in [0.25, 0.3) is 11.8 Å². The molecule has 0 fully saturated rings. The smallest absolute Gasteiger partial charge is 0.253 e. The van der Waals surface area contributed by atoms with Crippen molar-refractivity contribution in [2.75, 3.05) is 5.32 Å². The molecule has 0 bridgehead atoms. The Hall–Kier alpha value is -3.64. The number of amides is 3. The van der Waals surface area contributed by atoms with E-state index in [0.29, 0.717) is 21.8 Å². The molecule has 6 nitrogen and oxygen atoms in total. The number of nitrogens with one attached hydrogen (secondary N) is 3. The zero-order valence-electron chi connectivity index (χ0n) is 19.2. The summed E-state index contributed by atoms with van der Waals surface area (Å²) in [6.07, 6.45) is 0.770. The maximum absolute atomic E-state index is 13.0. The van der Waals surface area contributed by atoms with Crippen molar-refractivity contribution in [2.45, 2.75) is 38.8 Å². The van der Waals surface area contributed by atoms with E-state index in [1.807, 2.05) is 44.2 Å². The summed E-state index contributed by atoms with van der Waals surface area (Å²) in [6, 6.07) is 22.3. The largest absolute Gasteiger partial charge is 0.350 e. The second-order valence-corrected chi connectivity index (χ2v) is 8.40. The summed E-state index contributed by atoms with van der Waals surface area (Å²) in [5.74, 6) is -0.963. The lowest BCUT2D eigenvalue weighted by molar-refractivity contribution is -0.116. The number of hydrogen-bond donors (Lipinski definition) is 3. The zero-order chi connectivity index (χ0) is 24.5. The van der Waals surface area contributed by atoms with Crippen LogP contribution < -0.4 is 16.0 Å². The molecular formula is C27H28ClN3O3. The number of rotatable bonds is 9. The number of carbonyl (C=O) groups excluding carboxylic acids is 3. The molecule has 3 rings (SSSR count). The Kier molecular flexibility index (Phi) is 8.82. The van der Waals surface area contributed by atoms with Gasteiger partial charge < -0.3 is 16.0 Å². The van der Waals surface area contributed by atoms with Crippen molar-refractivity contribution in [3.05, 3.63) is 101 Å². The van der Waals surface area contributed by atoms with Crippen LogP contribution in [0.5, 0.6) is 0 Å². The monoisotopic (exact) mass is 477 g/mol. The molecule has 0 aromatic heterocycles. The molecule has 0 saturated heterocycles. The van der Waals surface area contributed by atoms with Crippen LogP contribution in [0.2, 0.25) is 5.02 Å². The van der Waals surface area contributed by atoms with Crippen LogP contribution in [0.3, 0.4) is 0 Å². The first kappa shape index (κ1) is 25.0. The molecule has 0 saturated carbocycles. The lowest BCUT2D eigenvalue weighted by atomic mass is 10.0. The molecule has 0 aliphatic rings. The average molecular weight is 478 g/mol. The average Bonchev–Trinajstić information content (AvgIpc) is 2.84. The normalized spacial score (nSPS) is 12.3. The molecule has 3 N–H and O–H groups in total. The number of anilines is 1. The Labute approximate surface area is 204 Å². The summed E-state index contributed by atoms with van der Waals surface area (Å²) < 4.78 is 0. The summed E-state index contributed by atoms with van der Waals surface area (Å²) >= 11 is 6.18. The molecule has 3 amide bonds. The first-order chi connectivity index (χ1) is 16.4. The highest BCUT2D eigenvalue weighted by molar-refractivity contribution is 6.33. The molecule has 7 heteroatoms. The van der Waals surface area contributed by atoms with Gasteiger partial charge in [-0.2, -0.15) is 0 Å². The molecule has 0 heterocycles.